The van der Waals surface area contributed by atoms with Crippen molar-refractivity contribution in [2.75, 3.05) is 0 Å². The molecule has 1 aromatic heterocycles. The van der Waals surface area contributed by atoms with Crippen LogP contribution in [0, 0.1) is 5.92 Å². The minimum atomic E-state index is 0.101. The SMILES string of the molecule is OCc1cnn(CCC2CC2)c1. The largest absolute Gasteiger partial charge is 0.392 e. The normalized spacial score (nSPS) is 16.8. The van der Waals surface area contributed by atoms with Gasteiger partial charge in [-0.1, -0.05) is 12.8 Å². The third kappa shape index (κ3) is 1.85. The van der Waals surface area contributed by atoms with E-state index in [2.05, 4.69) is 5.10 Å². The van der Waals surface area contributed by atoms with Crippen molar-refractivity contribution in [2.45, 2.75) is 32.4 Å². The van der Waals surface area contributed by atoms with Crippen LogP contribution in [0.4, 0.5) is 0 Å². The Morgan fingerprint density at radius 3 is 3.00 bits per heavy atom. The molecular formula is C9H14N2O. The maximum atomic E-state index is 8.79. The average molecular weight is 166 g/mol. The van der Waals surface area contributed by atoms with Crippen LogP contribution in [0.1, 0.15) is 24.8 Å². The third-order valence-corrected chi connectivity index (χ3v) is 2.33. The molecule has 1 aliphatic carbocycles. The summed E-state index contributed by atoms with van der Waals surface area (Å²) in [6.07, 6.45) is 7.68. The lowest BCUT2D eigenvalue weighted by molar-refractivity contribution is 0.281. The van der Waals surface area contributed by atoms with E-state index in [-0.39, 0.29) is 6.61 Å². The van der Waals surface area contributed by atoms with Gasteiger partial charge in [0, 0.05) is 18.3 Å². The molecule has 0 radical (unpaired) electrons. The first-order valence-corrected chi connectivity index (χ1v) is 4.50. The van der Waals surface area contributed by atoms with Crippen molar-refractivity contribution in [3.63, 3.8) is 0 Å². The molecule has 0 unspecified atom stereocenters. The van der Waals surface area contributed by atoms with Gasteiger partial charge in [0.15, 0.2) is 0 Å². The Morgan fingerprint density at radius 1 is 1.58 bits per heavy atom. The molecule has 0 amide bonds. The van der Waals surface area contributed by atoms with Crippen molar-refractivity contribution in [3.8, 4) is 0 Å². The predicted molar refractivity (Wildman–Crippen MR) is 45.5 cm³/mol. The molecule has 3 nitrogen and oxygen atoms in total. The molecule has 0 atom stereocenters. The molecule has 3 heteroatoms. The molecule has 0 aromatic carbocycles. The predicted octanol–water partition coefficient (Wildman–Crippen LogP) is 1.18. The molecule has 0 aliphatic heterocycles. The van der Waals surface area contributed by atoms with E-state index in [1.807, 2.05) is 10.9 Å². The van der Waals surface area contributed by atoms with E-state index < -0.39 is 0 Å². The van der Waals surface area contributed by atoms with Gasteiger partial charge in [-0.2, -0.15) is 5.10 Å². The second kappa shape index (κ2) is 3.27. The minimum absolute atomic E-state index is 0.101. The van der Waals surface area contributed by atoms with Crippen molar-refractivity contribution in [1.82, 2.24) is 9.78 Å². The lowest BCUT2D eigenvalue weighted by Crippen LogP contribution is -1.98. The number of aryl methyl sites for hydroxylation is 1. The molecule has 12 heavy (non-hydrogen) atoms. The Labute approximate surface area is 72.0 Å². The molecule has 1 heterocycles. The summed E-state index contributed by atoms with van der Waals surface area (Å²) in [5.74, 6) is 0.951. The highest BCUT2D eigenvalue weighted by atomic mass is 16.3. The van der Waals surface area contributed by atoms with Gasteiger partial charge in [-0.15, -0.1) is 0 Å². The molecule has 0 bridgehead atoms. The van der Waals surface area contributed by atoms with Crippen LogP contribution < -0.4 is 0 Å². The fraction of sp³-hybridized carbons (Fsp3) is 0.667. The lowest BCUT2D eigenvalue weighted by atomic mass is 10.3. The van der Waals surface area contributed by atoms with Gasteiger partial charge in [-0.3, -0.25) is 4.68 Å². The van der Waals surface area contributed by atoms with Gasteiger partial charge in [0.25, 0.3) is 0 Å². The number of aliphatic hydroxyl groups excluding tert-OH is 1. The number of hydrogen-bond acceptors (Lipinski definition) is 2. The lowest BCUT2D eigenvalue weighted by Gasteiger charge is -1.97. The van der Waals surface area contributed by atoms with Crippen LogP contribution >= 0.6 is 0 Å². The Hall–Kier alpha value is -0.830. The maximum Gasteiger partial charge on any atom is 0.0712 e. The van der Waals surface area contributed by atoms with E-state index in [0.29, 0.717) is 0 Å². The van der Waals surface area contributed by atoms with Crippen LogP contribution in [-0.2, 0) is 13.2 Å². The Balaban J connectivity index is 1.84. The summed E-state index contributed by atoms with van der Waals surface area (Å²) >= 11 is 0. The summed E-state index contributed by atoms with van der Waals surface area (Å²) in [4.78, 5) is 0. The zero-order valence-electron chi connectivity index (χ0n) is 7.11. The van der Waals surface area contributed by atoms with E-state index in [1.54, 1.807) is 6.20 Å². The van der Waals surface area contributed by atoms with Crippen molar-refractivity contribution < 1.29 is 5.11 Å². The van der Waals surface area contributed by atoms with Gasteiger partial charge in [0.1, 0.15) is 0 Å². The Kier molecular flexibility index (Phi) is 2.13. The van der Waals surface area contributed by atoms with Crippen molar-refractivity contribution >= 4 is 0 Å². The minimum Gasteiger partial charge on any atom is -0.392 e. The number of rotatable bonds is 4. The van der Waals surface area contributed by atoms with Crippen molar-refractivity contribution in [3.05, 3.63) is 18.0 Å². The molecule has 2 rings (SSSR count). The number of aliphatic hydroxyl groups is 1. The van der Waals surface area contributed by atoms with Gasteiger partial charge in [0.2, 0.25) is 0 Å². The first-order chi connectivity index (χ1) is 5.88. The average Bonchev–Trinajstić information content (AvgIpc) is 2.81. The van der Waals surface area contributed by atoms with Crippen molar-refractivity contribution in [1.29, 1.82) is 0 Å². The highest BCUT2D eigenvalue weighted by Gasteiger charge is 2.20. The van der Waals surface area contributed by atoms with E-state index in [1.165, 1.54) is 19.3 Å². The molecule has 66 valence electrons. The highest BCUT2D eigenvalue weighted by molar-refractivity contribution is 5.01. The third-order valence-electron chi connectivity index (χ3n) is 2.33. The molecule has 1 fully saturated rings. The molecule has 0 saturated heterocycles. The summed E-state index contributed by atoms with van der Waals surface area (Å²) in [6.45, 7) is 1.11. The standard InChI is InChI=1S/C9H14N2O/c12-7-9-5-10-11(6-9)4-3-8-1-2-8/h5-6,8,12H,1-4,7H2. The van der Waals surface area contributed by atoms with Gasteiger partial charge >= 0.3 is 0 Å². The summed E-state index contributed by atoms with van der Waals surface area (Å²) in [5, 5.41) is 12.9. The highest BCUT2D eigenvalue weighted by Crippen LogP contribution is 2.32. The van der Waals surface area contributed by atoms with Crippen LogP contribution in [0.15, 0.2) is 12.4 Å². The first kappa shape index (κ1) is 7.80. The van der Waals surface area contributed by atoms with E-state index in [4.69, 9.17) is 5.11 Å². The van der Waals surface area contributed by atoms with E-state index in [0.717, 1.165) is 18.0 Å². The van der Waals surface area contributed by atoms with Crippen LogP contribution in [0.25, 0.3) is 0 Å². The molecule has 1 N–H and O–H groups in total. The number of nitrogens with zero attached hydrogens (tertiary/aromatic N) is 2. The summed E-state index contributed by atoms with van der Waals surface area (Å²) in [7, 11) is 0. The molecule has 0 spiro atoms. The molecule has 1 saturated carbocycles. The van der Waals surface area contributed by atoms with Gasteiger partial charge in [-0.25, -0.2) is 0 Å². The van der Waals surface area contributed by atoms with Crippen LogP contribution in [-0.4, -0.2) is 14.9 Å². The molecular weight excluding hydrogens is 152 g/mol. The van der Waals surface area contributed by atoms with Crippen LogP contribution in [0.5, 0.6) is 0 Å². The Bertz CT molecular complexity index is 253. The van der Waals surface area contributed by atoms with Gasteiger partial charge < -0.3 is 5.11 Å². The van der Waals surface area contributed by atoms with Gasteiger partial charge in [-0.05, 0) is 12.3 Å². The zero-order valence-corrected chi connectivity index (χ0v) is 7.11. The zero-order chi connectivity index (χ0) is 8.39. The van der Waals surface area contributed by atoms with Crippen molar-refractivity contribution in [2.24, 2.45) is 5.92 Å². The van der Waals surface area contributed by atoms with Gasteiger partial charge in [0.05, 0.1) is 12.8 Å². The number of aromatic nitrogens is 2. The quantitative estimate of drug-likeness (QED) is 0.729. The van der Waals surface area contributed by atoms with Crippen LogP contribution in [0.3, 0.4) is 0 Å². The van der Waals surface area contributed by atoms with E-state index in [9.17, 15) is 0 Å². The van der Waals surface area contributed by atoms with Crippen LogP contribution in [0.2, 0.25) is 0 Å². The summed E-state index contributed by atoms with van der Waals surface area (Å²) in [5.41, 5.74) is 0.908. The fourth-order valence-electron chi connectivity index (χ4n) is 1.33. The topological polar surface area (TPSA) is 38.1 Å². The molecule has 1 aromatic rings. The monoisotopic (exact) mass is 166 g/mol. The summed E-state index contributed by atoms with van der Waals surface area (Å²) < 4.78 is 1.92. The summed E-state index contributed by atoms with van der Waals surface area (Å²) in [6, 6.07) is 0. The second-order valence-corrected chi connectivity index (χ2v) is 3.50. The smallest absolute Gasteiger partial charge is 0.0712 e. The molecule has 1 aliphatic rings. The maximum absolute atomic E-state index is 8.79. The number of hydrogen-bond donors (Lipinski definition) is 1. The van der Waals surface area contributed by atoms with E-state index >= 15 is 0 Å². The first-order valence-electron chi connectivity index (χ1n) is 4.50. The fourth-order valence-corrected chi connectivity index (χ4v) is 1.33. The second-order valence-electron chi connectivity index (χ2n) is 3.50. The Morgan fingerprint density at radius 2 is 2.42 bits per heavy atom.